The molecule has 42 heavy (non-hydrogen) atoms. The van der Waals surface area contributed by atoms with Crippen LogP contribution >= 0.6 is 11.7 Å². The van der Waals surface area contributed by atoms with Gasteiger partial charge in [-0.25, -0.2) is 9.59 Å². The lowest BCUT2D eigenvalue weighted by atomic mass is 10.00. The predicted molar refractivity (Wildman–Crippen MR) is 164 cm³/mol. The van der Waals surface area contributed by atoms with Gasteiger partial charge in [0.05, 0.1) is 18.3 Å². The van der Waals surface area contributed by atoms with Gasteiger partial charge >= 0.3 is 12.0 Å². The molecule has 0 aliphatic heterocycles. The van der Waals surface area contributed by atoms with Crippen molar-refractivity contribution in [3.8, 4) is 11.1 Å². The molecule has 0 saturated carbocycles. The van der Waals surface area contributed by atoms with Crippen molar-refractivity contribution >= 4 is 63.3 Å². The van der Waals surface area contributed by atoms with Crippen LogP contribution in [0.15, 0.2) is 91.0 Å². The number of hydrogen-bond donors (Lipinski definition) is 2. The maximum atomic E-state index is 13.6. The van der Waals surface area contributed by atoms with Crippen molar-refractivity contribution in [1.82, 2.24) is 13.3 Å². The fourth-order valence-corrected chi connectivity index (χ4v) is 5.47. The minimum absolute atomic E-state index is 0.201. The number of ether oxygens (including phenoxy) is 1. The van der Waals surface area contributed by atoms with E-state index in [2.05, 4.69) is 19.4 Å². The van der Waals surface area contributed by atoms with E-state index in [1.54, 1.807) is 49.4 Å². The number of hydrogen-bond acceptors (Lipinski definition) is 7. The molecule has 6 rings (SSSR count). The summed E-state index contributed by atoms with van der Waals surface area (Å²) in [5.41, 5.74) is 6.78. The van der Waals surface area contributed by atoms with Gasteiger partial charge in [-0.2, -0.15) is 8.75 Å². The number of benzene rings is 4. The van der Waals surface area contributed by atoms with E-state index in [9.17, 15) is 14.4 Å². The number of amides is 2. The van der Waals surface area contributed by atoms with E-state index >= 15 is 0 Å². The van der Waals surface area contributed by atoms with Crippen LogP contribution in [0, 0.1) is 0 Å². The number of urea groups is 1. The molecule has 9 nitrogen and oxygen atoms in total. The largest absolute Gasteiger partial charge is 0.461 e. The molecule has 208 valence electrons. The molecule has 0 atom stereocenters. The summed E-state index contributed by atoms with van der Waals surface area (Å²) in [5.74, 6) is -0.476. The molecule has 0 unspecified atom stereocenters. The van der Waals surface area contributed by atoms with E-state index in [1.807, 2.05) is 53.1 Å². The van der Waals surface area contributed by atoms with Crippen LogP contribution in [0.3, 0.4) is 0 Å². The highest BCUT2D eigenvalue weighted by atomic mass is 32.1. The highest BCUT2D eigenvalue weighted by Gasteiger charge is 2.26. The Bertz CT molecular complexity index is 1930. The zero-order valence-electron chi connectivity index (χ0n) is 22.5. The Morgan fingerprint density at radius 1 is 0.881 bits per heavy atom. The number of nitrogens with one attached hydrogen (secondary N) is 2. The number of fused-ring (bicyclic) bond motifs is 2. The summed E-state index contributed by atoms with van der Waals surface area (Å²) in [6.07, 6.45) is 0.774. The van der Waals surface area contributed by atoms with Crippen LogP contribution in [0.5, 0.6) is 0 Å². The number of nitrogens with zero attached hydrogens (tertiary/aromatic N) is 3. The second-order valence-corrected chi connectivity index (χ2v) is 10.1. The molecule has 10 heteroatoms. The minimum atomic E-state index is -0.476. The van der Waals surface area contributed by atoms with Gasteiger partial charge in [-0.05, 0) is 60.5 Å². The molecule has 0 fully saturated rings. The summed E-state index contributed by atoms with van der Waals surface area (Å²) in [6.45, 7) is 2.33. The third-order valence-corrected chi connectivity index (χ3v) is 7.37. The predicted octanol–water partition coefficient (Wildman–Crippen LogP) is 6.99. The molecule has 0 aliphatic carbocycles. The lowest BCUT2D eigenvalue weighted by Gasteiger charge is -2.12. The molecule has 2 aromatic heterocycles. The van der Waals surface area contributed by atoms with Gasteiger partial charge in [0.25, 0.3) is 0 Å². The van der Waals surface area contributed by atoms with E-state index in [4.69, 9.17) is 4.74 Å². The average molecular weight is 576 g/mol. The van der Waals surface area contributed by atoms with Crippen LogP contribution in [-0.4, -0.2) is 38.2 Å². The quantitative estimate of drug-likeness (QED) is 0.149. The van der Waals surface area contributed by atoms with Crippen LogP contribution in [0.4, 0.5) is 16.2 Å². The molecular weight excluding hydrogens is 550 g/mol. The summed E-state index contributed by atoms with van der Waals surface area (Å²) in [5, 5.41) is 6.46. The van der Waals surface area contributed by atoms with E-state index in [1.165, 1.54) is 0 Å². The molecule has 2 N–H and O–H groups in total. The molecule has 2 amide bonds. The second-order valence-electron chi connectivity index (χ2n) is 9.53. The smallest absolute Gasteiger partial charge is 0.355 e. The van der Waals surface area contributed by atoms with Gasteiger partial charge in [0.1, 0.15) is 23.0 Å². The van der Waals surface area contributed by atoms with Crippen molar-refractivity contribution in [3.05, 3.63) is 108 Å². The van der Waals surface area contributed by atoms with Gasteiger partial charge in [-0.1, -0.05) is 48.5 Å². The maximum absolute atomic E-state index is 13.6. The lowest BCUT2D eigenvalue weighted by molar-refractivity contribution is 0.0516. The zero-order chi connectivity index (χ0) is 29.1. The first-order valence-electron chi connectivity index (χ1n) is 13.3. The highest BCUT2D eigenvalue weighted by Crippen LogP contribution is 2.38. The van der Waals surface area contributed by atoms with Crippen molar-refractivity contribution in [2.24, 2.45) is 0 Å². The lowest BCUT2D eigenvalue weighted by Crippen LogP contribution is -2.19. The second kappa shape index (κ2) is 11.6. The summed E-state index contributed by atoms with van der Waals surface area (Å²) in [6, 6.07) is 27.1. The third-order valence-electron chi connectivity index (χ3n) is 6.82. The molecule has 0 aliphatic rings. The van der Waals surface area contributed by atoms with Crippen LogP contribution in [0.25, 0.3) is 33.1 Å². The number of anilines is 2. The first-order valence-corrected chi connectivity index (χ1v) is 14.0. The van der Waals surface area contributed by atoms with Gasteiger partial charge in [0.15, 0.2) is 0 Å². The first kappa shape index (κ1) is 26.9. The fraction of sp³-hybridized carbons (Fsp3) is 0.0938. The Kier molecular flexibility index (Phi) is 7.44. The number of aldehydes is 1. The van der Waals surface area contributed by atoms with Crippen LogP contribution in [-0.2, 0) is 11.3 Å². The standard InChI is InChI=1S/C32H25N5O4S/c1-2-41-31(39)30-29(22-11-8-20(19-38)9-12-22)25-17-24(34-32(40)33-23-6-4-3-5-7-23)13-15-28(25)37(30)18-21-10-14-26-27(16-21)36-42-35-26/h3-17,19H,2,18H2,1H3,(H2,33,34,40). The Morgan fingerprint density at radius 2 is 1.64 bits per heavy atom. The highest BCUT2D eigenvalue weighted by molar-refractivity contribution is 7.00. The number of esters is 1. The summed E-state index contributed by atoms with van der Waals surface area (Å²) in [7, 11) is 0. The van der Waals surface area contributed by atoms with Crippen LogP contribution in [0.1, 0.15) is 33.3 Å². The van der Waals surface area contributed by atoms with E-state index < -0.39 is 12.0 Å². The van der Waals surface area contributed by atoms with Gasteiger partial charge in [0, 0.05) is 39.9 Å². The van der Waals surface area contributed by atoms with Crippen LogP contribution < -0.4 is 10.6 Å². The minimum Gasteiger partial charge on any atom is -0.461 e. The van der Waals surface area contributed by atoms with Crippen molar-refractivity contribution in [3.63, 3.8) is 0 Å². The van der Waals surface area contributed by atoms with Gasteiger partial charge in [-0.15, -0.1) is 0 Å². The molecule has 6 aromatic rings. The monoisotopic (exact) mass is 575 g/mol. The van der Waals surface area contributed by atoms with E-state index in [-0.39, 0.29) is 6.61 Å². The third kappa shape index (κ3) is 5.35. The molecular formula is C32H25N5O4S. The average Bonchev–Trinajstić information content (AvgIpc) is 3.60. The Balaban J connectivity index is 1.49. The number of aromatic nitrogens is 3. The summed E-state index contributed by atoms with van der Waals surface area (Å²) >= 11 is 1.15. The summed E-state index contributed by atoms with van der Waals surface area (Å²) in [4.78, 5) is 37.7. The summed E-state index contributed by atoms with van der Waals surface area (Å²) < 4.78 is 16.1. The van der Waals surface area contributed by atoms with Gasteiger partial charge < -0.3 is 19.9 Å². The molecule has 0 radical (unpaired) electrons. The van der Waals surface area contributed by atoms with Crippen molar-refractivity contribution in [2.75, 3.05) is 17.2 Å². The van der Waals surface area contributed by atoms with Crippen molar-refractivity contribution in [2.45, 2.75) is 13.5 Å². The topological polar surface area (TPSA) is 115 Å². The van der Waals surface area contributed by atoms with Crippen molar-refractivity contribution < 1.29 is 19.1 Å². The maximum Gasteiger partial charge on any atom is 0.355 e. The van der Waals surface area contributed by atoms with Crippen molar-refractivity contribution in [1.29, 1.82) is 0 Å². The van der Waals surface area contributed by atoms with Gasteiger partial charge in [-0.3, -0.25) is 4.79 Å². The SMILES string of the molecule is CCOC(=O)c1c(-c2ccc(C=O)cc2)c2cc(NC(=O)Nc3ccccc3)ccc2n1Cc1ccc2nsnc2c1. The number of carbonyl (C=O) groups excluding carboxylic acids is 3. The number of para-hydroxylation sites is 1. The number of rotatable bonds is 8. The molecule has 2 heterocycles. The van der Waals surface area contributed by atoms with Crippen LogP contribution in [0.2, 0.25) is 0 Å². The zero-order valence-corrected chi connectivity index (χ0v) is 23.4. The molecule has 0 spiro atoms. The molecule has 0 saturated heterocycles. The Morgan fingerprint density at radius 3 is 2.40 bits per heavy atom. The Hall–Kier alpha value is -5.35. The number of carbonyl (C=O) groups is 3. The Labute approximate surface area is 245 Å². The first-order chi connectivity index (χ1) is 20.5. The van der Waals surface area contributed by atoms with E-state index in [0.717, 1.165) is 51.1 Å². The van der Waals surface area contributed by atoms with E-state index in [0.29, 0.717) is 34.7 Å². The normalized spacial score (nSPS) is 11.0. The molecule has 4 aromatic carbocycles. The fourth-order valence-electron chi connectivity index (χ4n) is 4.95. The van der Waals surface area contributed by atoms with Gasteiger partial charge in [0.2, 0.25) is 0 Å². The molecule has 0 bridgehead atoms.